The number of imidazole rings is 1. The second kappa shape index (κ2) is 7.12. The number of rotatable bonds is 7. The van der Waals surface area contributed by atoms with Crippen molar-refractivity contribution in [3.05, 3.63) is 48.5 Å². The Morgan fingerprint density at radius 3 is 2.76 bits per heavy atom. The zero-order chi connectivity index (χ0) is 17.9. The van der Waals surface area contributed by atoms with Crippen molar-refractivity contribution in [3.8, 4) is 5.75 Å². The molecule has 1 saturated heterocycles. The first-order chi connectivity index (χ1) is 11.9. The van der Waals surface area contributed by atoms with Gasteiger partial charge in [0.05, 0.1) is 38.4 Å². The fourth-order valence-electron chi connectivity index (χ4n) is 2.78. The van der Waals surface area contributed by atoms with E-state index in [0.29, 0.717) is 12.3 Å². The molecule has 1 aromatic heterocycles. The lowest BCUT2D eigenvalue weighted by Crippen LogP contribution is -2.33. The van der Waals surface area contributed by atoms with Crippen molar-refractivity contribution in [3.63, 3.8) is 0 Å². The maximum absolute atomic E-state index is 11.0. The Labute approximate surface area is 146 Å². The molecule has 1 aromatic carbocycles. The summed E-state index contributed by atoms with van der Waals surface area (Å²) in [5.74, 6) is -0.718. The van der Waals surface area contributed by atoms with E-state index in [0.717, 1.165) is 5.56 Å². The number of nitrogens with zero attached hydrogens (tertiary/aromatic N) is 2. The molecule has 0 spiro atoms. The van der Waals surface area contributed by atoms with Gasteiger partial charge in [0.1, 0.15) is 5.75 Å². The summed E-state index contributed by atoms with van der Waals surface area (Å²) in [5, 5.41) is 0. The van der Waals surface area contributed by atoms with Crippen LogP contribution in [0.25, 0.3) is 0 Å². The Kier molecular flexibility index (Phi) is 5.09. The fourth-order valence-corrected chi connectivity index (χ4v) is 3.34. The van der Waals surface area contributed by atoms with Gasteiger partial charge in [-0.25, -0.2) is 4.98 Å². The van der Waals surface area contributed by atoms with Crippen LogP contribution in [0.1, 0.15) is 12.0 Å². The standard InChI is InChI=1S/C16H20N2O6S/c1-22-14-4-2-13(3-5-14)16(11-18-8-7-17-12-18)23-10-15(24-16)6-9-25(19,20)21/h2-5,7-8,12,15H,6,9-11H2,1H3,(H,19,20,21). The van der Waals surface area contributed by atoms with Gasteiger partial charge in [0, 0.05) is 18.0 Å². The van der Waals surface area contributed by atoms with Crippen molar-refractivity contribution < 1.29 is 27.2 Å². The zero-order valence-corrected chi connectivity index (χ0v) is 14.6. The van der Waals surface area contributed by atoms with Gasteiger partial charge in [0.2, 0.25) is 5.79 Å². The summed E-state index contributed by atoms with van der Waals surface area (Å²) < 4.78 is 50.0. The minimum atomic E-state index is -4.04. The summed E-state index contributed by atoms with van der Waals surface area (Å²) >= 11 is 0. The molecule has 1 fully saturated rings. The monoisotopic (exact) mass is 368 g/mol. The molecular weight excluding hydrogens is 348 g/mol. The molecule has 8 nitrogen and oxygen atoms in total. The predicted molar refractivity (Wildman–Crippen MR) is 88.8 cm³/mol. The van der Waals surface area contributed by atoms with E-state index in [2.05, 4.69) is 4.98 Å². The normalized spacial score (nSPS) is 23.7. The van der Waals surface area contributed by atoms with Gasteiger partial charge in [-0.3, -0.25) is 4.55 Å². The van der Waals surface area contributed by atoms with E-state index in [1.165, 1.54) is 0 Å². The summed E-state index contributed by atoms with van der Waals surface area (Å²) in [6.45, 7) is 0.595. The Morgan fingerprint density at radius 1 is 1.40 bits per heavy atom. The van der Waals surface area contributed by atoms with Gasteiger partial charge in [-0.05, 0) is 30.7 Å². The van der Waals surface area contributed by atoms with Gasteiger partial charge in [0.25, 0.3) is 10.1 Å². The van der Waals surface area contributed by atoms with E-state index >= 15 is 0 Å². The number of hydrogen-bond donors (Lipinski definition) is 1. The predicted octanol–water partition coefficient (Wildman–Crippen LogP) is 1.44. The number of hydrogen-bond acceptors (Lipinski definition) is 6. The molecule has 2 aromatic rings. The van der Waals surface area contributed by atoms with Crippen molar-refractivity contribution in [2.45, 2.75) is 24.9 Å². The minimum Gasteiger partial charge on any atom is -0.497 e. The maximum atomic E-state index is 11.0. The molecule has 9 heteroatoms. The lowest BCUT2D eigenvalue weighted by atomic mass is 10.1. The van der Waals surface area contributed by atoms with Crippen LogP contribution in [-0.4, -0.2) is 48.1 Å². The first-order valence-electron chi connectivity index (χ1n) is 7.77. The largest absolute Gasteiger partial charge is 0.497 e. The van der Waals surface area contributed by atoms with Crippen LogP contribution in [0.5, 0.6) is 5.75 Å². The van der Waals surface area contributed by atoms with Gasteiger partial charge in [-0.1, -0.05) is 0 Å². The molecule has 1 N–H and O–H groups in total. The zero-order valence-electron chi connectivity index (χ0n) is 13.7. The van der Waals surface area contributed by atoms with Crippen molar-refractivity contribution >= 4 is 10.1 Å². The first kappa shape index (κ1) is 17.9. The third-order valence-electron chi connectivity index (χ3n) is 4.04. The Bertz CT molecular complexity index is 791. The molecular formula is C16H20N2O6S. The summed E-state index contributed by atoms with van der Waals surface area (Å²) in [5.41, 5.74) is 0.788. The Morgan fingerprint density at radius 2 is 2.16 bits per heavy atom. The highest BCUT2D eigenvalue weighted by Crippen LogP contribution is 2.37. The van der Waals surface area contributed by atoms with E-state index in [1.807, 2.05) is 28.8 Å². The number of ether oxygens (including phenoxy) is 3. The van der Waals surface area contributed by atoms with Gasteiger partial charge in [-0.15, -0.1) is 0 Å². The molecule has 136 valence electrons. The first-order valence-corrected chi connectivity index (χ1v) is 9.38. The summed E-state index contributed by atoms with van der Waals surface area (Å²) in [6.07, 6.45) is 4.83. The number of aromatic nitrogens is 2. The topological polar surface area (TPSA) is 99.9 Å². The lowest BCUT2D eigenvalue weighted by Gasteiger charge is -2.29. The van der Waals surface area contributed by atoms with Crippen molar-refractivity contribution in [1.29, 1.82) is 0 Å². The summed E-state index contributed by atoms with van der Waals surface area (Å²) in [6, 6.07) is 7.31. The third kappa shape index (κ3) is 4.37. The molecule has 2 heterocycles. The van der Waals surface area contributed by atoms with E-state index in [9.17, 15) is 8.42 Å². The minimum absolute atomic E-state index is 0.153. The Hall–Kier alpha value is -1.94. The van der Waals surface area contributed by atoms with Gasteiger partial charge in [0.15, 0.2) is 0 Å². The molecule has 1 aliphatic rings. The third-order valence-corrected chi connectivity index (χ3v) is 4.79. The fraction of sp³-hybridized carbons (Fsp3) is 0.438. The summed E-state index contributed by atoms with van der Waals surface area (Å²) in [7, 11) is -2.45. The lowest BCUT2D eigenvalue weighted by molar-refractivity contribution is -0.187. The molecule has 0 amide bonds. The van der Waals surface area contributed by atoms with E-state index in [4.69, 9.17) is 18.8 Å². The molecule has 1 aliphatic heterocycles. The molecule has 2 unspecified atom stereocenters. The highest BCUT2D eigenvalue weighted by molar-refractivity contribution is 7.85. The molecule has 0 saturated carbocycles. The van der Waals surface area contributed by atoms with Crippen LogP contribution < -0.4 is 4.74 Å². The SMILES string of the molecule is COc1ccc(C2(Cn3ccnc3)OCC(CCS(=O)(=O)O)O2)cc1. The van der Waals surface area contributed by atoms with Crippen LogP contribution in [0, 0.1) is 0 Å². The van der Waals surface area contributed by atoms with Crippen molar-refractivity contribution in [1.82, 2.24) is 9.55 Å². The number of benzene rings is 1. The van der Waals surface area contributed by atoms with Crippen LogP contribution in [0.3, 0.4) is 0 Å². The quantitative estimate of drug-likeness (QED) is 0.738. The number of methoxy groups -OCH3 is 1. The second-order valence-corrected chi connectivity index (χ2v) is 7.41. The van der Waals surface area contributed by atoms with Gasteiger partial charge >= 0.3 is 0 Å². The van der Waals surface area contributed by atoms with Crippen LogP contribution in [0.4, 0.5) is 0 Å². The van der Waals surface area contributed by atoms with E-state index in [1.54, 1.807) is 25.8 Å². The van der Waals surface area contributed by atoms with Crippen LogP contribution in [0.15, 0.2) is 43.0 Å². The van der Waals surface area contributed by atoms with E-state index < -0.39 is 22.0 Å². The van der Waals surface area contributed by atoms with Gasteiger partial charge < -0.3 is 18.8 Å². The highest BCUT2D eigenvalue weighted by Gasteiger charge is 2.43. The maximum Gasteiger partial charge on any atom is 0.264 e. The average Bonchev–Trinajstić information content (AvgIpc) is 3.23. The second-order valence-electron chi connectivity index (χ2n) is 5.84. The van der Waals surface area contributed by atoms with Gasteiger partial charge in [-0.2, -0.15) is 8.42 Å². The van der Waals surface area contributed by atoms with Crippen LogP contribution in [0.2, 0.25) is 0 Å². The average molecular weight is 368 g/mol. The van der Waals surface area contributed by atoms with Crippen LogP contribution >= 0.6 is 0 Å². The molecule has 0 aliphatic carbocycles. The Balaban J connectivity index is 1.82. The molecule has 0 radical (unpaired) electrons. The molecule has 0 bridgehead atoms. The van der Waals surface area contributed by atoms with Crippen molar-refractivity contribution in [2.24, 2.45) is 0 Å². The molecule has 3 rings (SSSR count). The smallest absolute Gasteiger partial charge is 0.264 e. The summed E-state index contributed by atoms with van der Waals surface area (Å²) in [4.78, 5) is 4.02. The van der Waals surface area contributed by atoms with Crippen LogP contribution in [-0.2, 0) is 31.9 Å². The highest BCUT2D eigenvalue weighted by atomic mass is 32.2. The van der Waals surface area contributed by atoms with Crippen molar-refractivity contribution in [2.75, 3.05) is 19.5 Å². The van der Waals surface area contributed by atoms with E-state index in [-0.39, 0.29) is 18.8 Å². The molecule has 25 heavy (non-hydrogen) atoms. The molecule has 2 atom stereocenters.